The summed E-state index contributed by atoms with van der Waals surface area (Å²) < 4.78 is 28.2. The summed E-state index contributed by atoms with van der Waals surface area (Å²) >= 11 is 0. The van der Waals surface area contributed by atoms with Crippen LogP contribution in [0.25, 0.3) is 0 Å². The molecule has 6 heteroatoms. The number of hydrogen-bond donors (Lipinski definition) is 2. The van der Waals surface area contributed by atoms with E-state index in [0.29, 0.717) is 6.42 Å². The SMILES string of the molecule is CC[C@H](CO)NC(=O)c1cccc(OC(F)F)c1. The number of rotatable bonds is 6. The van der Waals surface area contributed by atoms with Crippen molar-refractivity contribution < 1.29 is 23.4 Å². The Bertz CT molecular complexity index is 395. The van der Waals surface area contributed by atoms with Crippen LogP contribution in [0, 0.1) is 0 Å². The van der Waals surface area contributed by atoms with Crippen molar-refractivity contribution in [1.29, 1.82) is 0 Å². The fourth-order valence-corrected chi connectivity index (χ4v) is 1.36. The van der Waals surface area contributed by atoms with Crippen LogP contribution in [0.5, 0.6) is 5.75 Å². The molecule has 1 aromatic rings. The van der Waals surface area contributed by atoms with Gasteiger partial charge in [0.2, 0.25) is 0 Å². The number of carbonyl (C=O) groups is 1. The van der Waals surface area contributed by atoms with E-state index in [9.17, 15) is 13.6 Å². The molecule has 0 spiro atoms. The van der Waals surface area contributed by atoms with Crippen molar-refractivity contribution in [2.45, 2.75) is 26.0 Å². The molecule has 4 nitrogen and oxygen atoms in total. The van der Waals surface area contributed by atoms with Gasteiger partial charge in [0.1, 0.15) is 5.75 Å². The molecule has 0 fully saturated rings. The Morgan fingerprint density at radius 3 is 2.78 bits per heavy atom. The summed E-state index contributed by atoms with van der Waals surface area (Å²) in [6.07, 6.45) is 0.579. The fourth-order valence-electron chi connectivity index (χ4n) is 1.36. The number of amides is 1. The second kappa shape index (κ2) is 6.90. The quantitative estimate of drug-likeness (QED) is 0.818. The van der Waals surface area contributed by atoms with Gasteiger partial charge in [0, 0.05) is 5.56 Å². The Labute approximate surface area is 104 Å². The summed E-state index contributed by atoms with van der Waals surface area (Å²) in [5.41, 5.74) is 0.208. The van der Waals surface area contributed by atoms with E-state index in [2.05, 4.69) is 10.1 Å². The molecule has 1 atom stereocenters. The number of aliphatic hydroxyl groups is 1. The minimum atomic E-state index is -2.93. The van der Waals surface area contributed by atoms with Gasteiger partial charge in [-0.2, -0.15) is 8.78 Å². The highest BCUT2D eigenvalue weighted by Crippen LogP contribution is 2.16. The molecule has 100 valence electrons. The van der Waals surface area contributed by atoms with Crippen molar-refractivity contribution in [2.75, 3.05) is 6.61 Å². The van der Waals surface area contributed by atoms with E-state index in [1.165, 1.54) is 24.3 Å². The Kier molecular flexibility index (Phi) is 5.51. The molecule has 1 aromatic carbocycles. The van der Waals surface area contributed by atoms with Crippen LogP contribution in [-0.4, -0.2) is 30.3 Å². The molecular weight excluding hydrogens is 244 g/mol. The van der Waals surface area contributed by atoms with Crippen molar-refractivity contribution in [3.63, 3.8) is 0 Å². The van der Waals surface area contributed by atoms with Crippen LogP contribution < -0.4 is 10.1 Å². The molecule has 2 N–H and O–H groups in total. The molecule has 0 aliphatic carbocycles. The summed E-state index contributed by atoms with van der Waals surface area (Å²) in [4.78, 5) is 11.7. The molecule has 0 aliphatic heterocycles. The second-order valence-electron chi connectivity index (χ2n) is 3.67. The topological polar surface area (TPSA) is 58.6 Å². The first-order valence-electron chi connectivity index (χ1n) is 5.53. The lowest BCUT2D eigenvalue weighted by atomic mass is 10.1. The number of aliphatic hydroxyl groups excluding tert-OH is 1. The molecule has 0 saturated heterocycles. The third-order valence-corrected chi connectivity index (χ3v) is 2.37. The molecule has 0 radical (unpaired) electrons. The van der Waals surface area contributed by atoms with Gasteiger partial charge in [0.25, 0.3) is 5.91 Å². The number of nitrogens with one attached hydrogen (secondary N) is 1. The zero-order valence-electron chi connectivity index (χ0n) is 9.90. The van der Waals surface area contributed by atoms with Crippen molar-refractivity contribution in [2.24, 2.45) is 0 Å². The van der Waals surface area contributed by atoms with E-state index < -0.39 is 12.5 Å². The number of halogens is 2. The summed E-state index contributed by atoms with van der Waals surface area (Å²) in [6.45, 7) is -1.28. The molecule has 0 unspecified atom stereocenters. The molecule has 1 rings (SSSR count). The summed E-state index contributed by atoms with van der Waals surface area (Å²) in [5, 5.41) is 11.5. The Balaban J connectivity index is 2.73. The average molecular weight is 259 g/mol. The van der Waals surface area contributed by atoms with Gasteiger partial charge >= 0.3 is 6.61 Å². The van der Waals surface area contributed by atoms with Crippen LogP contribution in [0.3, 0.4) is 0 Å². The summed E-state index contributed by atoms with van der Waals surface area (Å²) in [7, 11) is 0. The molecule has 0 saturated carbocycles. The predicted molar refractivity (Wildman–Crippen MR) is 61.7 cm³/mol. The summed E-state index contributed by atoms with van der Waals surface area (Å²) in [5.74, 6) is -0.509. The maximum Gasteiger partial charge on any atom is 0.387 e. The van der Waals surface area contributed by atoms with Gasteiger partial charge < -0.3 is 15.2 Å². The number of ether oxygens (including phenoxy) is 1. The molecule has 0 heterocycles. The number of benzene rings is 1. The fraction of sp³-hybridized carbons (Fsp3) is 0.417. The van der Waals surface area contributed by atoms with E-state index in [1.54, 1.807) is 0 Å². The number of carbonyl (C=O) groups excluding carboxylic acids is 1. The van der Waals surface area contributed by atoms with Crippen LogP contribution in [0.2, 0.25) is 0 Å². The predicted octanol–water partition coefficient (Wildman–Crippen LogP) is 1.79. The van der Waals surface area contributed by atoms with Crippen LogP contribution in [0.15, 0.2) is 24.3 Å². The van der Waals surface area contributed by atoms with Gasteiger partial charge in [-0.3, -0.25) is 4.79 Å². The molecule has 0 aliphatic rings. The highest BCUT2D eigenvalue weighted by atomic mass is 19.3. The van der Waals surface area contributed by atoms with Crippen molar-refractivity contribution in [3.8, 4) is 5.75 Å². The third kappa shape index (κ3) is 4.29. The average Bonchev–Trinajstić information content (AvgIpc) is 2.35. The molecular formula is C12H15F2NO3. The first-order chi connectivity index (χ1) is 8.56. The van der Waals surface area contributed by atoms with E-state index in [-0.39, 0.29) is 24.0 Å². The minimum absolute atomic E-state index is 0.0744. The lowest BCUT2D eigenvalue weighted by Crippen LogP contribution is -2.36. The van der Waals surface area contributed by atoms with Crippen molar-refractivity contribution >= 4 is 5.91 Å². The first kappa shape index (κ1) is 14.4. The standard InChI is InChI=1S/C12H15F2NO3/c1-2-9(7-16)15-11(17)8-4-3-5-10(6-8)18-12(13)14/h3-6,9,12,16H,2,7H2,1H3,(H,15,17)/t9-/m1/s1. The third-order valence-electron chi connectivity index (χ3n) is 2.37. The molecule has 1 amide bonds. The van der Waals surface area contributed by atoms with Crippen LogP contribution >= 0.6 is 0 Å². The molecule has 0 aromatic heterocycles. The maximum atomic E-state index is 12.0. The van der Waals surface area contributed by atoms with Gasteiger partial charge in [0.05, 0.1) is 12.6 Å². The highest BCUT2D eigenvalue weighted by molar-refractivity contribution is 5.94. The molecule has 0 bridgehead atoms. The minimum Gasteiger partial charge on any atom is -0.435 e. The van der Waals surface area contributed by atoms with Crippen LogP contribution in [0.4, 0.5) is 8.78 Å². The first-order valence-corrected chi connectivity index (χ1v) is 5.53. The largest absolute Gasteiger partial charge is 0.435 e. The zero-order valence-corrected chi connectivity index (χ0v) is 9.90. The van der Waals surface area contributed by atoms with Gasteiger partial charge in [-0.25, -0.2) is 0 Å². The van der Waals surface area contributed by atoms with E-state index in [4.69, 9.17) is 5.11 Å². The number of alkyl halides is 2. The lowest BCUT2D eigenvalue weighted by Gasteiger charge is -2.14. The van der Waals surface area contributed by atoms with Gasteiger partial charge in [-0.15, -0.1) is 0 Å². The highest BCUT2D eigenvalue weighted by Gasteiger charge is 2.12. The Morgan fingerprint density at radius 1 is 1.50 bits per heavy atom. The van der Waals surface area contributed by atoms with Gasteiger partial charge in [0.15, 0.2) is 0 Å². The van der Waals surface area contributed by atoms with Gasteiger partial charge in [-0.1, -0.05) is 13.0 Å². The Hall–Kier alpha value is -1.69. The number of hydrogen-bond acceptors (Lipinski definition) is 3. The van der Waals surface area contributed by atoms with Crippen molar-refractivity contribution in [1.82, 2.24) is 5.32 Å². The van der Waals surface area contributed by atoms with E-state index in [0.717, 1.165) is 0 Å². The monoisotopic (exact) mass is 259 g/mol. The zero-order chi connectivity index (χ0) is 13.5. The second-order valence-corrected chi connectivity index (χ2v) is 3.67. The van der Waals surface area contributed by atoms with Crippen molar-refractivity contribution in [3.05, 3.63) is 29.8 Å². The van der Waals surface area contributed by atoms with Crippen LogP contribution in [-0.2, 0) is 0 Å². The van der Waals surface area contributed by atoms with Gasteiger partial charge in [-0.05, 0) is 24.6 Å². The maximum absolute atomic E-state index is 12.0. The molecule has 18 heavy (non-hydrogen) atoms. The summed E-state index contributed by atoms with van der Waals surface area (Å²) in [6, 6.07) is 5.15. The normalized spacial score (nSPS) is 12.3. The van der Waals surface area contributed by atoms with Crippen LogP contribution in [0.1, 0.15) is 23.7 Å². The smallest absolute Gasteiger partial charge is 0.387 e. The Morgan fingerprint density at radius 2 is 2.22 bits per heavy atom. The van der Waals surface area contributed by atoms with E-state index in [1.807, 2.05) is 6.92 Å². The van der Waals surface area contributed by atoms with E-state index >= 15 is 0 Å². The lowest BCUT2D eigenvalue weighted by molar-refractivity contribution is -0.0498.